The van der Waals surface area contributed by atoms with E-state index in [1.165, 1.54) is 7.11 Å². The average molecular weight is 550 g/mol. The number of hydrogen-bond donors (Lipinski definition) is 1. The Kier molecular flexibility index (Phi) is 8.01. The average Bonchev–Trinajstić information content (AvgIpc) is 3.43. The molecule has 3 aromatic carbocycles. The minimum absolute atomic E-state index is 0.0535. The molecular formula is C36H39NO4. The largest absolute Gasteiger partial charge is 0.478 e. The topological polar surface area (TPSA) is 66.8 Å². The van der Waals surface area contributed by atoms with Crippen LogP contribution in [0, 0.1) is 17.3 Å². The van der Waals surface area contributed by atoms with Crippen LogP contribution in [-0.4, -0.2) is 41.6 Å². The Labute approximate surface area is 243 Å². The van der Waals surface area contributed by atoms with Crippen LogP contribution in [0.5, 0.6) is 0 Å². The van der Waals surface area contributed by atoms with Crippen molar-refractivity contribution in [3.8, 4) is 0 Å². The number of carboxylic acid groups (broad SMARTS) is 1. The zero-order chi connectivity index (χ0) is 29.2. The van der Waals surface area contributed by atoms with Gasteiger partial charge in [-0.2, -0.15) is 0 Å². The van der Waals surface area contributed by atoms with Crippen LogP contribution in [0.1, 0.15) is 50.3 Å². The Balaban J connectivity index is 1.72. The molecule has 0 amide bonds. The summed E-state index contributed by atoms with van der Waals surface area (Å²) in [6.07, 6.45) is 5.12. The number of rotatable bonds is 7. The number of ether oxygens (including phenoxy) is 1. The molecule has 1 aliphatic heterocycles. The predicted molar refractivity (Wildman–Crippen MR) is 161 cm³/mol. The quantitative estimate of drug-likeness (QED) is 0.258. The summed E-state index contributed by atoms with van der Waals surface area (Å²) in [5.74, 6) is -1.22. The molecule has 0 aromatic heterocycles. The molecule has 0 radical (unpaired) electrons. The van der Waals surface area contributed by atoms with Crippen LogP contribution < -0.4 is 0 Å². The van der Waals surface area contributed by atoms with Crippen molar-refractivity contribution < 1.29 is 19.4 Å². The van der Waals surface area contributed by atoms with Gasteiger partial charge in [0.05, 0.1) is 12.6 Å². The zero-order valence-electron chi connectivity index (χ0n) is 24.3. The van der Waals surface area contributed by atoms with Crippen molar-refractivity contribution in [1.82, 2.24) is 4.90 Å². The van der Waals surface area contributed by atoms with Crippen molar-refractivity contribution in [3.63, 3.8) is 0 Å². The van der Waals surface area contributed by atoms with Crippen LogP contribution in [-0.2, 0) is 19.9 Å². The molecule has 2 unspecified atom stereocenters. The van der Waals surface area contributed by atoms with Gasteiger partial charge in [0.25, 0.3) is 0 Å². The second-order valence-corrected chi connectivity index (χ2v) is 12.2. The van der Waals surface area contributed by atoms with E-state index in [0.29, 0.717) is 25.0 Å². The summed E-state index contributed by atoms with van der Waals surface area (Å²) < 4.78 is 5.41. The molecule has 3 atom stereocenters. The number of allylic oxidation sites excluding steroid dienone is 2. The van der Waals surface area contributed by atoms with Gasteiger partial charge >= 0.3 is 11.9 Å². The Morgan fingerprint density at radius 3 is 1.73 bits per heavy atom. The summed E-state index contributed by atoms with van der Waals surface area (Å²) in [6.45, 7) is 6.93. The standard InChI is InChI=1S/C36H39NO4/c1-35(2,3)29-20-21-30(31(23-29)33(38)39)25-22-32(34(40)41-4)37(24-25)36(26-14-8-5-9-15-26,27-16-10-6-11-17-27)28-18-12-7-13-19-28/h5-21,25,29,32H,22-24H2,1-4H3,(H,38,39)/t25?,29?,32-/m0/s1. The first-order chi connectivity index (χ1) is 19.7. The highest BCUT2D eigenvalue weighted by atomic mass is 16.5. The lowest BCUT2D eigenvalue weighted by molar-refractivity contribution is -0.147. The number of carbonyl (C=O) groups excluding carboxylic acids is 1. The third-order valence-electron chi connectivity index (χ3n) is 8.87. The molecule has 0 bridgehead atoms. The van der Waals surface area contributed by atoms with Gasteiger partial charge in [-0.25, -0.2) is 4.79 Å². The number of methoxy groups -OCH3 is 1. The molecule has 0 saturated carbocycles. The van der Waals surface area contributed by atoms with Gasteiger partial charge in [0.1, 0.15) is 6.04 Å². The number of carboxylic acids is 1. The molecule has 41 heavy (non-hydrogen) atoms. The Bertz CT molecular complexity index is 1340. The van der Waals surface area contributed by atoms with Gasteiger partial charge in [-0.3, -0.25) is 9.69 Å². The van der Waals surface area contributed by atoms with Crippen LogP contribution in [0.15, 0.2) is 114 Å². The van der Waals surface area contributed by atoms with E-state index in [2.05, 4.69) is 68.1 Å². The van der Waals surface area contributed by atoms with Gasteiger partial charge in [0, 0.05) is 12.1 Å². The summed E-state index contributed by atoms with van der Waals surface area (Å²) in [7, 11) is 1.43. The summed E-state index contributed by atoms with van der Waals surface area (Å²) in [4.78, 5) is 28.4. The summed E-state index contributed by atoms with van der Waals surface area (Å²) in [5, 5.41) is 10.3. The van der Waals surface area contributed by atoms with Crippen LogP contribution in [0.3, 0.4) is 0 Å². The maximum absolute atomic E-state index is 13.6. The lowest BCUT2D eigenvalue weighted by Gasteiger charge is -2.46. The molecule has 1 heterocycles. The second kappa shape index (κ2) is 11.5. The highest BCUT2D eigenvalue weighted by molar-refractivity contribution is 5.89. The Morgan fingerprint density at radius 1 is 0.829 bits per heavy atom. The first kappa shape index (κ1) is 28.6. The van der Waals surface area contributed by atoms with Crippen LogP contribution in [0.4, 0.5) is 0 Å². The SMILES string of the molecule is COC(=O)[C@@H]1CC(C2=C(C(=O)O)CC(C(C)(C)C)C=C2)CN1C(c1ccccc1)(c1ccccc1)c1ccccc1. The lowest BCUT2D eigenvalue weighted by atomic mass is 9.72. The van der Waals surface area contributed by atoms with Crippen molar-refractivity contribution in [2.75, 3.05) is 13.7 Å². The molecule has 5 rings (SSSR count). The van der Waals surface area contributed by atoms with Crippen molar-refractivity contribution in [1.29, 1.82) is 0 Å². The molecular weight excluding hydrogens is 510 g/mol. The van der Waals surface area contributed by atoms with E-state index in [-0.39, 0.29) is 23.2 Å². The predicted octanol–water partition coefficient (Wildman–Crippen LogP) is 6.85. The maximum atomic E-state index is 13.6. The summed E-state index contributed by atoms with van der Waals surface area (Å²) in [6, 6.07) is 30.2. The third-order valence-corrected chi connectivity index (χ3v) is 8.87. The van der Waals surface area contributed by atoms with E-state index in [1.807, 2.05) is 60.7 Å². The van der Waals surface area contributed by atoms with Crippen molar-refractivity contribution >= 4 is 11.9 Å². The van der Waals surface area contributed by atoms with Crippen LogP contribution >= 0.6 is 0 Å². The van der Waals surface area contributed by atoms with Crippen LogP contribution in [0.2, 0.25) is 0 Å². The molecule has 1 fully saturated rings. The number of carbonyl (C=O) groups is 2. The van der Waals surface area contributed by atoms with E-state index in [0.717, 1.165) is 22.3 Å². The number of benzene rings is 3. The number of hydrogen-bond acceptors (Lipinski definition) is 4. The molecule has 1 saturated heterocycles. The molecule has 3 aromatic rings. The van der Waals surface area contributed by atoms with E-state index >= 15 is 0 Å². The number of likely N-dealkylation sites (tertiary alicyclic amines) is 1. The van der Waals surface area contributed by atoms with E-state index in [1.54, 1.807) is 0 Å². The molecule has 2 aliphatic rings. The zero-order valence-corrected chi connectivity index (χ0v) is 24.3. The van der Waals surface area contributed by atoms with Gasteiger partial charge in [-0.1, -0.05) is 124 Å². The normalized spacial score (nSPS) is 21.6. The molecule has 1 N–H and O–H groups in total. The first-order valence-corrected chi connectivity index (χ1v) is 14.3. The highest BCUT2D eigenvalue weighted by Gasteiger charge is 2.52. The number of esters is 1. The fourth-order valence-corrected chi connectivity index (χ4v) is 6.74. The summed E-state index contributed by atoms with van der Waals surface area (Å²) >= 11 is 0. The molecule has 5 heteroatoms. The summed E-state index contributed by atoms with van der Waals surface area (Å²) in [5.41, 5.74) is 3.50. The van der Waals surface area contributed by atoms with E-state index in [9.17, 15) is 14.7 Å². The fourth-order valence-electron chi connectivity index (χ4n) is 6.74. The van der Waals surface area contributed by atoms with Crippen LogP contribution in [0.25, 0.3) is 0 Å². The maximum Gasteiger partial charge on any atom is 0.331 e. The number of aliphatic carboxylic acids is 1. The van der Waals surface area contributed by atoms with Crippen molar-refractivity contribution in [3.05, 3.63) is 131 Å². The van der Waals surface area contributed by atoms with Gasteiger partial charge in [-0.05, 0) is 52.4 Å². The molecule has 5 nitrogen and oxygen atoms in total. The van der Waals surface area contributed by atoms with Gasteiger partial charge in [0.15, 0.2) is 0 Å². The van der Waals surface area contributed by atoms with E-state index in [4.69, 9.17) is 4.74 Å². The lowest BCUT2D eigenvalue weighted by Crippen LogP contribution is -2.53. The van der Waals surface area contributed by atoms with Gasteiger partial charge in [0.2, 0.25) is 0 Å². The molecule has 212 valence electrons. The fraction of sp³-hybridized carbons (Fsp3) is 0.333. The third kappa shape index (κ3) is 5.27. The minimum Gasteiger partial charge on any atom is -0.478 e. The van der Waals surface area contributed by atoms with Gasteiger partial charge < -0.3 is 9.84 Å². The highest BCUT2D eigenvalue weighted by Crippen LogP contribution is 2.49. The Morgan fingerprint density at radius 2 is 1.32 bits per heavy atom. The number of nitrogens with zero attached hydrogens (tertiary/aromatic N) is 1. The van der Waals surface area contributed by atoms with E-state index < -0.39 is 17.6 Å². The second-order valence-electron chi connectivity index (χ2n) is 12.2. The van der Waals surface area contributed by atoms with Crippen molar-refractivity contribution in [2.45, 2.75) is 45.2 Å². The Hall–Kier alpha value is -3.96. The smallest absolute Gasteiger partial charge is 0.331 e. The minimum atomic E-state index is -0.882. The monoisotopic (exact) mass is 549 g/mol. The van der Waals surface area contributed by atoms with Gasteiger partial charge in [-0.15, -0.1) is 0 Å². The van der Waals surface area contributed by atoms with Crippen molar-refractivity contribution in [2.24, 2.45) is 17.3 Å². The molecule has 0 spiro atoms. The first-order valence-electron chi connectivity index (χ1n) is 14.3. The molecule has 1 aliphatic carbocycles.